The van der Waals surface area contributed by atoms with Gasteiger partial charge in [0.25, 0.3) is 0 Å². The summed E-state index contributed by atoms with van der Waals surface area (Å²) in [5.74, 6) is -0.576. The normalized spacial score (nSPS) is 11.6. The van der Waals surface area contributed by atoms with Gasteiger partial charge in [-0.05, 0) is 39.0 Å². The van der Waals surface area contributed by atoms with Crippen molar-refractivity contribution >= 4 is 18.0 Å². The van der Waals surface area contributed by atoms with E-state index in [9.17, 15) is 9.59 Å². The number of ether oxygens (including phenoxy) is 2. The molecule has 0 aliphatic carbocycles. The molecule has 0 bridgehead atoms. The van der Waals surface area contributed by atoms with Crippen LogP contribution in [-0.4, -0.2) is 24.6 Å². The predicted octanol–water partition coefficient (Wildman–Crippen LogP) is 2.42. The van der Waals surface area contributed by atoms with Gasteiger partial charge in [-0.1, -0.05) is 0 Å². The molecule has 0 spiro atoms. The Morgan fingerprint density at radius 3 is 2.50 bits per heavy atom. The van der Waals surface area contributed by atoms with E-state index >= 15 is 0 Å². The lowest BCUT2D eigenvalue weighted by Gasteiger charge is -2.17. The number of carbonyl (C=O) groups excluding carboxylic acids is 2. The van der Waals surface area contributed by atoms with Gasteiger partial charge in [0, 0.05) is 6.08 Å². The summed E-state index contributed by atoms with van der Waals surface area (Å²) in [5.41, 5.74) is -0.540. The molecule has 1 aromatic heterocycles. The molecule has 1 rings (SSSR count). The third kappa shape index (κ3) is 4.45. The van der Waals surface area contributed by atoms with Crippen molar-refractivity contribution < 1.29 is 23.5 Å². The van der Waals surface area contributed by atoms with Crippen LogP contribution in [0.4, 0.5) is 0 Å². The van der Waals surface area contributed by atoms with Gasteiger partial charge < -0.3 is 13.9 Å². The molecular formula is C13H16O5. The molecule has 0 aliphatic heterocycles. The molecule has 1 aromatic rings. The third-order valence-corrected chi connectivity index (χ3v) is 1.80. The van der Waals surface area contributed by atoms with Crippen LogP contribution in [0, 0.1) is 0 Å². The molecule has 98 valence electrons. The highest BCUT2D eigenvalue weighted by Crippen LogP contribution is 2.12. The lowest BCUT2D eigenvalue weighted by molar-refractivity contribution is -0.148. The molecule has 0 fully saturated rings. The molecule has 0 aromatic carbocycles. The van der Waals surface area contributed by atoms with E-state index in [4.69, 9.17) is 9.15 Å². The van der Waals surface area contributed by atoms with Gasteiger partial charge in [0.1, 0.15) is 11.4 Å². The van der Waals surface area contributed by atoms with E-state index in [2.05, 4.69) is 4.74 Å². The Hall–Kier alpha value is -2.04. The summed E-state index contributed by atoms with van der Waals surface area (Å²) in [4.78, 5) is 22.5. The SMILES string of the molecule is COC(=O)c1ccc(C=CC(=O)OC(C)(C)C)o1. The van der Waals surface area contributed by atoms with Crippen molar-refractivity contribution in [3.8, 4) is 0 Å². The van der Waals surface area contributed by atoms with Crippen molar-refractivity contribution in [2.45, 2.75) is 26.4 Å². The highest BCUT2D eigenvalue weighted by atomic mass is 16.6. The van der Waals surface area contributed by atoms with Crippen molar-refractivity contribution in [2.24, 2.45) is 0 Å². The number of esters is 2. The Kier molecular flexibility index (Phi) is 4.31. The Morgan fingerprint density at radius 2 is 1.94 bits per heavy atom. The summed E-state index contributed by atoms with van der Waals surface area (Å²) in [7, 11) is 1.26. The molecule has 5 heteroatoms. The van der Waals surface area contributed by atoms with Gasteiger partial charge in [-0.25, -0.2) is 9.59 Å². The molecule has 0 N–H and O–H groups in total. The highest BCUT2D eigenvalue weighted by Gasteiger charge is 2.14. The second-order valence-electron chi connectivity index (χ2n) is 4.56. The number of hydrogen-bond acceptors (Lipinski definition) is 5. The Bertz CT molecular complexity index is 462. The average molecular weight is 252 g/mol. The quantitative estimate of drug-likeness (QED) is 0.610. The van der Waals surface area contributed by atoms with Crippen LogP contribution in [0.15, 0.2) is 22.6 Å². The monoisotopic (exact) mass is 252 g/mol. The molecule has 0 aliphatic rings. The first-order valence-electron chi connectivity index (χ1n) is 5.41. The molecule has 0 saturated carbocycles. The summed E-state index contributed by atoms with van der Waals surface area (Å²) < 4.78 is 14.7. The maximum absolute atomic E-state index is 11.4. The molecular weight excluding hydrogens is 236 g/mol. The maximum Gasteiger partial charge on any atom is 0.373 e. The van der Waals surface area contributed by atoms with Crippen molar-refractivity contribution in [3.05, 3.63) is 29.7 Å². The minimum absolute atomic E-state index is 0.0846. The van der Waals surface area contributed by atoms with Gasteiger partial charge in [-0.2, -0.15) is 0 Å². The molecule has 0 unspecified atom stereocenters. The minimum Gasteiger partial charge on any atom is -0.463 e. The fourth-order valence-corrected chi connectivity index (χ4v) is 1.14. The Labute approximate surface area is 105 Å². The molecule has 0 saturated heterocycles. The van der Waals surface area contributed by atoms with Gasteiger partial charge >= 0.3 is 11.9 Å². The topological polar surface area (TPSA) is 65.7 Å². The second kappa shape index (κ2) is 5.53. The van der Waals surface area contributed by atoms with E-state index in [1.54, 1.807) is 26.8 Å². The van der Waals surface area contributed by atoms with Crippen LogP contribution in [0.5, 0.6) is 0 Å². The standard InChI is InChI=1S/C13H16O5/c1-13(2,3)18-11(14)8-6-9-5-7-10(17-9)12(15)16-4/h5-8H,1-4H3. The van der Waals surface area contributed by atoms with Crippen molar-refractivity contribution in [2.75, 3.05) is 7.11 Å². The average Bonchev–Trinajstić information content (AvgIpc) is 2.71. The molecule has 0 amide bonds. The Morgan fingerprint density at radius 1 is 1.28 bits per heavy atom. The van der Waals surface area contributed by atoms with E-state index < -0.39 is 17.5 Å². The van der Waals surface area contributed by atoms with Crippen molar-refractivity contribution in [1.82, 2.24) is 0 Å². The number of rotatable bonds is 3. The lowest BCUT2D eigenvalue weighted by Crippen LogP contribution is -2.22. The van der Waals surface area contributed by atoms with Crippen LogP contribution in [0.2, 0.25) is 0 Å². The number of hydrogen-bond donors (Lipinski definition) is 0. The van der Waals surface area contributed by atoms with Crippen molar-refractivity contribution in [3.63, 3.8) is 0 Å². The molecule has 5 nitrogen and oxygen atoms in total. The van der Waals surface area contributed by atoms with Gasteiger partial charge in [0.2, 0.25) is 5.76 Å². The first-order valence-corrected chi connectivity index (χ1v) is 5.41. The van der Waals surface area contributed by atoms with Crippen LogP contribution in [0.25, 0.3) is 6.08 Å². The van der Waals surface area contributed by atoms with Crippen LogP contribution >= 0.6 is 0 Å². The third-order valence-electron chi connectivity index (χ3n) is 1.80. The van der Waals surface area contributed by atoms with Gasteiger partial charge in [0.15, 0.2) is 0 Å². The first kappa shape index (κ1) is 14.0. The minimum atomic E-state index is -0.563. The van der Waals surface area contributed by atoms with Crippen LogP contribution in [-0.2, 0) is 14.3 Å². The van der Waals surface area contributed by atoms with E-state index in [0.717, 1.165) is 0 Å². The summed E-state index contributed by atoms with van der Waals surface area (Å²) in [5, 5.41) is 0. The summed E-state index contributed by atoms with van der Waals surface area (Å²) in [6.45, 7) is 5.34. The molecule has 1 heterocycles. The van der Waals surface area contributed by atoms with E-state index in [0.29, 0.717) is 5.76 Å². The second-order valence-corrected chi connectivity index (χ2v) is 4.56. The first-order chi connectivity index (χ1) is 8.31. The summed E-state index contributed by atoms with van der Waals surface area (Å²) >= 11 is 0. The van der Waals surface area contributed by atoms with Crippen molar-refractivity contribution in [1.29, 1.82) is 0 Å². The highest BCUT2D eigenvalue weighted by molar-refractivity contribution is 5.88. The zero-order valence-corrected chi connectivity index (χ0v) is 10.9. The number of carbonyl (C=O) groups is 2. The fraction of sp³-hybridized carbons (Fsp3) is 0.385. The largest absolute Gasteiger partial charge is 0.463 e. The molecule has 18 heavy (non-hydrogen) atoms. The fourth-order valence-electron chi connectivity index (χ4n) is 1.14. The summed E-state index contributed by atoms with van der Waals surface area (Å²) in [6.07, 6.45) is 2.67. The van der Waals surface area contributed by atoms with Crippen LogP contribution in [0.1, 0.15) is 37.1 Å². The zero-order chi connectivity index (χ0) is 13.8. The van der Waals surface area contributed by atoms with Gasteiger partial charge in [-0.3, -0.25) is 0 Å². The number of methoxy groups -OCH3 is 1. The van der Waals surface area contributed by atoms with E-state index in [-0.39, 0.29) is 5.76 Å². The van der Waals surface area contributed by atoms with Gasteiger partial charge in [0.05, 0.1) is 7.11 Å². The van der Waals surface area contributed by atoms with Gasteiger partial charge in [-0.15, -0.1) is 0 Å². The molecule has 0 radical (unpaired) electrons. The zero-order valence-electron chi connectivity index (χ0n) is 10.9. The number of furan rings is 1. The lowest BCUT2D eigenvalue weighted by atomic mass is 10.2. The smallest absolute Gasteiger partial charge is 0.373 e. The van der Waals surface area contributed by atoms with E-state index in [1.165, 1.54) is 25.3 Å². The molecule has 0 atom stereocenters. The Balaban J connectivity index is 2.65. The maximum atomic E-state index is 11.4. The van der Waals surface area contributed by atoms with E-state index in [1.807, 2.05) is 0 Å². The predicted molar refractivity (Wildman–Crippen MR) is 64.9 cm³/mol. The van der Waals surface area contributed by atoms with Crippen LogP contribution < -0.4 is 0 Å². The van der Waals surface area contributed by atoms with Crippen LogP contribution in [0.3, 0.4) is 0 Å². The summed E-state index contributed by atoms with van der Waals surface area (Å²) in [6, 6.07) is 3.04.